The minimum atomic E-state index is -4.32. The largest absolute Gasteiger partial charge is 0.416 e. The van der Waals surface area contributed by atoms with E-state index in [1.807, 2.05) is 18.9 Å². The molecule has 1 aliphatic rings. The molecule has 0 aliphatic carbocycles. The van der Waals surface area contributed by atoms with Crippen LogP contribution in [-0.2, 0) is 17.4 Å². The van der Waals surface area contributed by atoms with Crippen LogP contribution in [0.5, 0.6) is 0 Å². The maximum absolute atomic E-state index is 12.6. The number of nitrogens with one attached hydrogen (secondary N) is 1. The smallest absolute Gasteiger partial charge is 0.342 e. The first-order chi connectivity index (χ1) is 11.3. The first kappa shape index (κ1) is 18.8. The molecule has 2 atom stereocenters. The highest BCUT2D eigenvalue weighted by Crippen LogP contribution is 2.29. The maximum Gasteiger partial charge on any atom is 0.416 e. The summed E-state index contributed by atoms with van der Waals surface area (Å²) in [6.45, 7) is 4.28. The molecule has 0 aromatic heterocycles. The molecular formula is C18H25F3N2O. The van der Waals surface area contributed by atoms with Gasteiger partial charge in [-0.05, 0) is 56.5 Å². The van der Waals surface area contributed by atoms with E-state index in [9.17, 15) is 18.0 Å². The molecule has 24 heavy (non-hydrogen) atoms. The number of amides is 1. The third kappa shape index (κ3) is 4.97. The van der Waals surface area contributed by atoms with Crippen LogP contribution >= 0.6 is 0 Å². The number of alkyl halides is 3. The Hall–Kier alpha value is -1.56. The topological polar surface area (TPSA) is 32.3 Å². The molecule has 1 heterocycles. The van der Waals surface area contributed by atoms with Gasteiger partial charge >= 0.3 is 6.18 Å². The lowest BCUT2D eigenvalue weighted by Gasteiger charge is -2.34. The predicted molar refractivity (Wildman–Crippen MR) is 87.5 cm³/mol. The van der Waals surface area contributed by atoms with Crippen molar-refractivity contribution in [3.05, 3.63) is 35.4 Å². The van der Waals surface area contributed by atoms with Crippen LogP contribution in [0.15, 0.2) is 24.3 Å². The minimum absolute atomic E-state index is 0.0932. The van der Waals surface area contributed by atoms with Crippen molar-refractivity contribution in [1.82, 2.24) is 10.2 Å². The van der Waals surface area contributed by atoms with Crippen molar-refractivity contribution in [2.75, 3.05) is 26.7 Å². The Morgan fingerprint density at radius 1 is 1.33 bits per heavy atom. The zero-order chi connectivity index (χ0) is 17.7. The van der Waals surface area contributed by atoms with E-state index in [0.29, 0.717) is 12.3 Å². The van der Waals surface area contributed by atoms with Gasteiger partial charge in [0.05, 0.1) is 5.56 Å². The van der Waals surface area contributed by atoms with Gasteiger partial charge in [-0.1, -0.05) is 19.1 Å². The van der Waals surface area contributed by atoms with Crippen LogP contribution < -0.4 is 5.32 Å². The van der Waals surface area contributed by atoms with E-state index in [1.165, 1.54) is 12.1 Å². The van der Waals surface area contributed by atoms with Crippen LogP contribution in [0.1, 0.15) is 30.9 Å². The van der Waals surface area contributed by atoms with E-state index in [1.54, 1.807) is 0 Å². The third-order valence-corrected chi connectivity index (χ3v) is 4.57. The van der Waals surface area contributed by atoms with Gasteiger partial charge in [0.15, 0.2) is 0 Å². The Kier molecular flexibility index (Phi) is 6.27. The molecule has 0 radical (unpaired) electrons. The lowest BCUT2D eigenvalue weighted by atomic mass is 9.94. The maximum atomic E-state index is 12.6. The predicted octanol–water partition coefficient (Wildman–Crippen LogP) is 3.34. The van der Waals surface area contributed by atoms with Crippen molar-refractivity contribution >= 4 is 5.91 Å². The molecule has 1 aromatic rings. The lowest BCUT2D eigenvalue weighted by molar-refractivity contribution is -0.138. The van der Waals surface area contributed by atoms with E-state index in [-0.39, 0.29) is 11.8 Å². The Labute approximate surface area is 141 Å². The zero-order valence-electron chi connectivity index (χ0n) is 14.2. The second-order valence-electron chi connectivity index (χ2n) is 6.65. The molecule has 1 fully saturated rings. The Morgan fingerprint density at radius 2 is 2.00 bits per heavy atom. The summed E-state index contributed by atoms with van der Waals surface area (Å²) in [5, 5.41) is 3.15. The Balaban J connectivity index is 1.93. The van der Waals surface area contributed by atoms with Crippen molar-refractivity contribution in [3.63, 3.8) is 0 Å². The summed E-state index contributed by atoms with van der Waals surface area (Å²) in [7, 11) is 1.91. The van der Waals surface area contributed by atoms with Gasteiger partial charge in [0.2, 0.25) is 5.91 Å². The summed E-state index contributed by atoms with van der Waals surface area (Å²) < 4.78 is 37.8. The average molecular weight is 342 g/mol. The van der Waals surface area contributed by atoms with Crippen molar-refractivity contribution in [1.29, 1.82) is 0 Å². The first-order valence-corrected chi connectivity index (χ1v) is 8.40. The van der Waals surface area contributed by atoms with Gasteiger partial charge in [-0.3, -0.25) is 4.79 Å². The number of carbonyl (C=O) groups is 1. The van der Waals surface area contributed by atoms with Gasteiger partial charge in [-0.25, -0.2) is 0 Å². The summed E-state index contributed by atoms with van der Waals surface area (Å²) >= 11 is 0. The fourth-order valence-electron chi connectivity index (χ4n) is 3.30. The van der Waals surface area contributed by atoms with Crippen molar-refractivity contribution < 1.29 is 18.0 Å². The highest BCUT2D eigenvalue weighted by atomic mass is 19.4. The van der Waals surface area contributed by atoms with Gasteiger partial charge in [-0.2, -0.15) is 13.2 Å². The average Bonchev–Trinajstić information content (AvgIpc) is 2.54. The molecule has 1 N–H and O–H groups in total. The Bertz CT molecular complexity index is 540. The van der Waals surface area contributed by atoms with Gasteiger partial charge < -0.3 is 10.2 Å². The Morgan fingerprint density at radius 3 is 2.58 bits per heavy atom. The second-order valence-corrected chi connectivity index (χ2v) is 6.65. The second kappa shape index (κ2) is 8.01. The number of piperidine rings is 1. The van der Waals surface area contributed by atoms with Crippen LogP contribution in [0.3, 0.4) is 0 Å². The molecule has 0 saturated carbocycles. The van der Waals surface area contributed by atoms with E-state index >= 15 is 0 Å². The van der Waals surface area contributed by atoms with Crippen molar-refractivity contribution in [2.24, 2.45) is 11.8 Å². The number of rotatable bonds is 5. The summed E-state index contributed by atoms with van der Waals surface area (Å²) in [6, 6.07) is 5.09. The first-order valence-electron chi connectivity index (χ1n) is 8.40. The van der Waals surface area contributed by atoms with E-state index in [4.69, 9.17) is 0 Å². The minimum Gasteiger partial charge on any atom is -0.342 e. The molecular weight excluding hydrogens is 317 g/mol. The fraction of sp³-hybridized carbons (Fsp3) is 0.611. The molecule has 2 unspecified atom stereocenters. The third-order valence-electron chi connectivity index (χ3n) is 4.57. The van der Waals surface area contributed by atoms with Crippen molar-refractivity contribution in [3.8, 4) is 0 Å². The van der Waals surface area contributed by atoms with E-state index < -0.39 is 11.7 Å². The van der Waals surface area contributed by atoms with Crippen LogP contribution in [0.2, 0.25) is 0 Å². The molecule has 1 saturated heterocycles. The highest BCUT2D eigenvalue weighted by molar-refractivity contribution is 5.79. The van der Waals surface area contributed by atoms with Gasteiger partial charge in [0.25, 0.3) is 0 Å². The fourth-order valence-corrected chi connectivity index (χ4v) is 3.30. The molecule has 1 amide bonds. The van der Waals surface area contributed by atoms with Gasteiger partial charge in [0.1, 0.15) is 0 Å². The molecule has 1 aromatic carbocycles. The van der Waals surface area contributed by atoms with Gasteiger partial charge in [0, 0.05) is 19.0 Å². The van der Waals surface area contributed by atoms with E-state index in [0.717, 1.165) is 50.2 Å². The van der Waals surface area contributed by atoms with Crippen LogP contribution in [0.25, 0.3) is 0 Å². The molecule has 0 bridgehead atoms. The summed E-state index contributed by atoms with van der Waals surface area (Å²) in [5.74, 6) is 0.344. The van der Waals surface area contributed by atoms with Crippen LogP contribution in [0.4, 0.5) is 13.2 Å². The molecule has 1 aliphatic heterocycles. The van der Waals surface area contributed by atoms with Crippen molar-refractivity contribution in [2.45, 2.75) is 32.4 Å². The number of likely N-dealkylation sites (tertiary alicyclic amines) is 1. The molecule has 3 nitrogen and oxygen atoms in total. The SMILES string of the molecule is CNCC1CCCN(C(=O)C(C)Cc2ccc(C(F)(F)F)cc2)C1. The number of halogens is 3. The van der Waals surface area contributed by atoms with E-state index in [2.05, 4.69) is 5.32 Å². The number of benzene rings is 1. The molecule has 2 rings (SSSR count). The highest BCUT2D eigenvalue weighted by Gasteiger charge is 2.30. The quantitative estimate of drug-likeness (QED) is 0.890. The lowest BCUT2D eigenvalue weighted by Crippen LogP contribution is -2.44. The monoisotopic (exact) mass is 342 g/mol. The molecule has 0 spiro atoms. The zero-order valence-corrected chi connectivity index (χ0v) is 14.2. The summed E-state index contributed by atoms with van der Waals surface area (Å²) in [6.07, 6.45) is -1.73. The van der Waals surface area contributed by atoms with Crippen LogP contribution in [-0.4, -0.2) is 37.5 Å². The molecule has 6 heteroatoms. The summed E-state index contributed by atoms with van der Waals surface area (Å²) in [5.41, 5.74) is 0.101. The number of nitrogens with zero attached hydrogens (tertiary/aromatic N) is 1. The number of hydrogen-bond donors (Lipinski definition) is 1. The van der Waals surface area contributed by atoms with Gasteiger partial charge in [-0.15, -0.1) is 0 Å². The molecule has 134 valence electrons. The standard InChI is InChI=1S/C18H25F3N2O/c1-13(10-14-5-7-16(8-6-14)18(19,20)21)17(24)23-9-3-4-15(12-23)11-22-2/h5-8,13,15,22H,3-4,9-12H2,1-2H3. The normalized spacial score (nSPS) is 20.0. The number of hydrogen-bond acceptors (Lipinski definition) is 2. The summed E-state index contributed by atoms with van der Waals surface area (Å²) in [4.78, 5) is 14.5. The number of carbonyl (C=O) groups excluding carboxylic acids is 1. The van der Waals surface area contributed by atoms with Crippen LogP contribution in [0, 0.1) is 11.8 Å².